The zero-order chi connectivity index (χ0) is 41.3. The third kappa shape index (κ3) is 121. The molecule has 0 aromatic rings. The maximum absolute atomic E-state index is 7.62. The van der Waals surface area contributed by atoms with Crippen molar-refractivity contribution in [2.75, 3.05) is 26.4 Å². The predicted octanol–water partition coefficient (Wildman–Crippen LogP) is 16.6. The van der Waals surface area contributed by atoms with Gasteiger partial charge < -0.3 is 14.9 Å². The fourth-order valence-electron chi connectivity index (χ4n) is 4.90. The highest BCUT2D eigenvalue weighted by Crippen LogP contribution is 2.14. The fraction of sp³-hybridized carbons (Fsp3) is 0.708. The molecule has 0 rings (SSSR count). The molecule has 310 valence electrons. The average Bonchev–Trinajstić information content (AvgIpc) is 3.22. The summed E-state index contributed by atoms with van der Waals surface area (Å²) in [7, 11) is 0. The van der Waals surface area contributed by atoms with Crippen molar-refractivity contribution in [1.29, 1.82) is 0 Å². The lowest BCUT2D eigenvalue weighted by Crippen LogP contribution is -1.97. The number of hydrogen-bond donors (Lipinski definition) is 2. The van der Waals surface area contributed by atoms with Gasteiger partial charge in [0.05, 0.1) is 13.2 Å². The Morgan fingerprint density at radius 3 is 0.529 bits per heavy atom. The van der Waals surface area contributed by atoms with Crippen LogP contribution in [-0.2, 0) is 4.74 Å². The molecule has 0 saturated heterocycles. The largest absolute Gasteiger partial charge is 0.394 e. The maximum atomic E-state index is 7.62. The monoisotopic (exact) mass is 725 g/mol. The van der Waals surface area contributed by atoms with Gasteiger partial charge in [0, 0.05) is 13.2 Å². The second-order valence-electron chi connectivity index (χ2n) is 11.3. The lowest BCUT2D eigenvalue weighted by Gasteiger charge is -2.05. The summed E-state index contributed by atoms with van der Waals surface area (Å²) in [4.78, 5) is 0. The van der Waals surface area contributed by atoms with Crippen molar-refractivity contribution in [3.05, 3.63) is 92.1 Å². The summed E-state index contributed by atoms with van der Waals surface area (Å²) >= 11 is 0. The number of unbranched alkanes of at least 4 members (excludes halogenated alkanes) is 26. The van der Waals surface area contributed by atoms with E-state index in [0.717, 1.165) is 13.2 Å². The topological polar surface area (TPSA) is 49.7 Å². The molecular formula is C48H100O3. The molecule has 0 aromatic carbocycles. The summed E-state index contributed by atoms with van der Waals surface area (Å²) in [6.45, 7) is 48.3. The molecule has 0 aromatic heterocycles. The van der Waals surface area contributed by atoms with E-state index in [1.165, 1.54) is 180 Å². The molecule has 0 heterocycles. The highest BCUT2D eigenvalue weighted by Gasteiger charge is 1.96. The number of hydrogen-bond acceptors (Lipinski definition) is 3. The molecule has 2 N–H and O–H groups in total. The highest BCUT2D eigenvalue weighted by molar-refractivity contribution is 4.51. The Labute approximate surface area is 326 Å². The third-order valence-electron chi connectivity index (χ3n) is 7.38. The molecule has 0 atom stereocenters. The maximum Gasteiger partial charge on any atom is 0.0662 e. The number of rotatable bonds is 31. The van der Waals surface area contributed by atoms with Crippen molar-refractivity contribution < 1.29 is 14.9 Å². The first-order valence-corrected chi connectivity index (χ1v) is 20.6. The minimum Gasteiger partial charge on any atom is -0.394 e. The summed E-state index contributed by atoms with van der Waals surface area (Å²) in [5.74, 6) is 0. The van der Waals surface area contributed by atoms with Gasteiger partial charge in [-0.1, -0.05) is 181 Å². The van der Waals surface area contributed by atoms with Crippen LogP contribution in [0.1, 0.15) is 194 Å². The summed E-state index contributed by atoms with van der Waals surface area (Å²) in [5, 5.41) is 15.2. The summed E-state index contributed by atoms with van der Waals surface area (Å²) in [6, 6.07) is 0. The van der Waals surface area contributed by atoms with Crippen LogP contribution in [0.2, 0.25) is 0 Å². The molecule has 0 bridgehead atoms. The van der Waals surface area contributed by atoms with E-state index in [9.17, 15) is 0 Å². The normalized spacial score (nSPS) is 8.55. The number of ether oxygens (including phenoxy) is 1. The van der Waals surface area contributed by atoms with E-state index in [-0.39, 0.29) is 13.2 Å². The van der Waals surface area contributed by atoms with Gasteiger partial charge in [0.2, 0.25) is 0 Å². The fourth-order valence-corrected chi connectivity index (χ4v) is 4.90. The van der Waals surface area contributed by atoms with Crippen molar-refractivity contribution in [2.24, 2.45) is 0 Å². The van der Waals surface area contributed by atoms with Gasteiger partial charge in [-0.05, 0) is 12.8 Å². The Bertz CT molecular complexity index is 391. The van der Waals surface area contributed by atoms with Gasteiger partial charge in [-0.15, -0.1) is 92.1 Å². The van der Waals surface area contributed by atoms with Gasteiger partial charge in [-0.25, -0.2) is 0 Å². The molecule has 0 amide bonds. The van der Waals surface area contributed by atoms with Crippen LogP contribution in [-0.4, -0.2) is 36.6 Å². The molecular weight excluding hydrogens is 625 g/mol. The van der Waals surface area contributed by atoms with E-state index in [4.69, 9.17) is 14.9 Å². The van der Waals surface area contributed by atoms with Crippen molar-refractivity contribution in [3.8, 4) is 0 Å². The zero-order valence-corrected chi connectivity index (χ0v) is 35.8. The first kappa shape index (κ1) is 70.6. The van der Waals surface area contributed by atoms with Crippen LogP contribution in [0.25, 0.3) is 0 Å². The molecule has 0 aliphatic heterocycles. The van der Waals surface area contributed by atoms with E-state index in [1.54, 1.807) is 0 Å². The van der Waals surface area contributed by atoms with Crippen LogP contribution in [0.3, 0.4) is 0 Å². The Balaban J connectivity index is -0.000000119. The molecule has 3 heteroatoms. The average molecular weight is 725 g/mol. The summed E-state index contributed by atoms with van der Waals surface area (Å²) in [5.41, 5.74) is 0. The molecule has 0 saturated carbocycles. The van der Waals surface area contributed by atoms with E-state index in [1.807, 2.05) is 0 Å². The predicted molar refractivity (Wildman–Crippen MR) is 244 cm³/mol. The van der Waals surface area contributed by atoms with Gasteiger partial charge in [-0.2, -0.15) is 0 Å². The summed E-state index contributed by atoms with van der Waals surface area (Å²) < 4.78 is 5.85. The van der Waals surface area contributed by atoms with E-state index >= 15 is 0 Å². The Morgan fingerprint density at radius 2 is 0.392 bits per heavy atom. The molecule has 3 nitrogen and oxygen atoms in total. The Morgan fingerprint density at radius 1 is 0.255 bits per heavy atom. The Hall–Kier alpha value is -1.94. The van der Waals surface area contributed by atoms with Gasteiger partial charge >= 0.3 is 0 Å². The van der Waals surface area contributed by atoms with Crippen molar-refractivity contribution in [3.63, 3.8) is 0 Å². The smallest absolute Gasteiger partial charge is 0.0662 e. The quantitative estimate of drug-likeness (QED) is 0.0553. The van der Waals surface area contributed by atoms with Crippen LogP contribution in [0, 0.1) is 0 Å². The first-order valence-electron chi connectivity index (χ1n) is 20.6. The molecule has 0 aliphatic rings. The van der Waals surface area contributed by atoms with Crippen LogP contribution in [0.4, 0.5) is 0 Å². The number of aliphatic hydroxyl groups is 2. The van der Waals surface area contributed by atoms with Gasteiger partial charge in [0.1, 0.15) is 0 Å². The lowest BCUT2D eigenvalue weighted by atomic mass is 10.0. The van der Waals surface area contributed by atoms with E-state index in [2.05, 4.69) is 106 Å². The minimum atomic E-state index is -0.125. The molecule has 0 radical (unpaired) electrons. The Kier molecular flexibility index (Phi) is 153. The lowest BCUT2D eigenvalue weighted by molar-refractivity contribution is 0.125. The third-order valence-corrected chi connectivity index (χ3v) is 7.38. The standard InChI is InChI=1S/C32H66O.C2H6O2.7C2H4/c1-3-5-7-9-11-13-15-17-19-21-23-25-27-29-31-33-32-30-28-26-24-22-20-18-16-14-12-10-8-6-4-2;3-1-2-4;7*1-2/h3-32H2,1-2H3;3-4H,1-2H2;7*1-2H2. The van der Waals surface area contributed by atoms with Crippen LogP contribution in [0.15, 0.2) is 92.1 Å². The van der Waals surface area contributed by atoms with Crippen LogP contribution in [0.5, 0.6) is 0 Å². The van der Waals surface area contributed by atoms with Gasteiger partial charge in [0.15, 0.2) is 0 Å². The SMILES string of the molecule is C=C.C=C.C=C.C=C.C=C.C=C.C=C.CCCCCCCCCCCCCCCCOCCCCCCCCCCCCCCCC.OCCO. The minimum absolute atomic E-state index is 0.125. The van der Waals surface area contributed by atoms with Crippen LogP contribution < -0.4 is 0 Å². The second kappa shape index (κ2) is 110. The molecule has 0 fully saturated rings. The summed E-state index contributed by atoms with van der Waals surface area (Å²) in [6.07, 6.45) is 40.1. The zero-order valence-electron chi connectivity index (χ0n) is 35.8. The van der Waals surface area contributed by atoms with Crippen LogP contribution >= 0.6 is 0 Å². The van der Waals surface area contributed by atoms with Gasteiger partial charge in [0.25, 0.3) is 0 Å². The molecule has 0 aliphatic carbocycles. The van der Waals surface area contributed by atoms with Crippen molar-refractivity contribution >= 4 is 0 Å². The van der Waals surface area contributed by atoms with Crippen molar-refractivity contribution in [2.45, 2.75) is 194 Å². The number of aliphatic hydroxyl groups excluding tert-OH is 2. The second-order valence-corrected chi connectivity index (χ2v) is 11.3. The van der Waals surface area contributed by atoms with E-state index < -0.39 is 0 Å². The van der Waals surface area contributed by atoms with E-state index in [0.29, 0.717) is 0 Å². The van der Waals surface area contributed by atoms with Crippen molar-refractivity contribution in [1.82, 2.24) is 0 Å². The molecule has 0 unspecified atom stereocenters. The molecule has 51 heavy (non-hydrogen) atoms. The highest BCUT2D eigenvalue weighted by atomic mass is 16.5. The first-order chi connectivity index (χ1) is 25.3. The van der Waals surface area contributed by atoms with Gasteiger partial charge in [-0.3, -0.25) is 0 Å². The molecule has 0 spiro atoms.